The van der Waals surface area contributed by atoms with Gasteiger partial charge in [0.15, 0.2) is 21.3 Å². The van der Waals surface area contributed by atoms with Gasteiger partial charge in [0.2, 0.25) is 0 Å². The van der Waals surface area contributed by atoms with Crippen molar-refractivity contribution in [3.8, 4) is 11.3 Å². The van der Waals surface area contributed by atoms with Crippen molar-refractivity contribution in [3.63, 3.8) is 0 Å². The Kier molecular flexibility index (Phi) is 6.50. The van der Waals surface area contributed by atoms with Crippen molar-refractivity contribution >= 4 is 15.7 Å². The van der Waals surface area contributed by atoms with E-state index in [1.165, 1.54) is 24.5 Å². The topological polar surface area (TPSA) is 123 Å². The quantitative estimate of drug-likeness (QED) is 0.548. The number of hydrogen-bond donors (Lipinski definition) is 2. The van der Waals surface area contributed by atoms with Crippen LogP contribution in [0.1, 0.15) is 42.1 Å². The minimum Gasteiger partial charge on any atom is -0.467 e. The third-order valence-corrected chi connectivity index (χ3v) is 6.22. The van der Waals surface area contributed by atoms with Gasteiger partial charge in [-0.15, -0.1) is 0 Å². The van der Waals surface area contributed by atoms with Crippen molar-refractivity contribution in [2.24, 2.45) is 0 Å². The first-order valence-corrected chi connectivity index (χ1v) is 10.9. The number of benzene rings is 1. The first-order valence-electron chi connectivity index (χ1n) is 9.20. The van der Waals surface area contributed by atoms with Gasteiger partial charge in [0.05, 0.1) is 16.9 Å². The Bertz CT molecular complexity index is 1040. The molecule has 0 saturated heterocycles. The highest BCUT2D eigenvalue weighted by Gasteiger charge is 2.17. The van der Waals surface area contributed by atoms with Gasteiger partial charge in [-0.05, 0) is 49.2 Å². The van der Waals surface area contributed by atoms with Crippen molar-refractivity contribution in [1.82, 2.24) is 10.5 Å². The summed E-state index contributed by atoms with van der Waals surface area (Å²) in [5, 5.41) is 16.3. The van der Waals surface area contributed by atoms with Crippen molar-refractivity contribution in [3.05, 3.63) is 60.2 Å². The fraction of sp³-hybridized carbons (Fsp3) is 0.300. The van der Waals surface area contributed by atoms with Crippen molar-refractivity contribution in [1.29, 1.82) is 0 Å². The summed E-state index contributed by atoms with van der Waals surface area (Å²) in [7, 11) is -3.29. The standard InChI is InChI=1S/C20H22N2O6S/c1-2-12-29(25,26)15-7-5-14(6-8-15)19-13-16(22-28-19)20(24)21-10-9-17(23)18-4-3-11-27-18/h3-8,11,13,17,23H,2,9-10,12H2,1H3,(H,21,24). The van der Waals surface area contributed by atoms with Crippen molar-refractivity contribution in [2.75, 3.05) is 12.3 Å². The van der Waals surface area contributed by atoms with Gasteiger partial charge in [-0.3, -0.25) is 4.79 Å². The maximum absolute atomic E-state index is 12.2. The van der Waals surface area contributed by atoms with Crippen molar-refractivity contribution in [2.45, 2.75) is 30.8 Å². The van der Waals surface area contributed by atoms with E-state index in [2.05, 4.69) is 10.5 Å². The Balaban J connectivity index is 1.59. The van der Waals surface area contributed by atoms with E-state index in [1.807, 2.05) is 6.92 Å². The van der Waals surface area contributed by atoms with Gasteiger partial charge in [0, 0.05) is 18.2 Å². The number of rotatable bonds is 9. The summed E-state index contributed by atoms with van der Waals surface area (Å²) >= 11 is 0. The molecule has 9 heteroatoms. The van der Waals surface area contributed by atoms with Gasteiger partial charge >= 0.3 is 0 Å². The number of hydrogen-bond acceptors (Lipinski definition) is 7. The summed E-state index contributed by atoms with van der Waals surface area (Å²) in [6.45, 7) is 2.04. The third-order valence-electron chi connectivity index (χ3n) is 4.29. The van der Waals surface area contributed by atoms with Gasteiger partial charge < -0.3 is 19.4 Å². The van der Waals surface area contributed by atoms with Gasteiger partial charge in [-0.25, -0.2) is 8.42 Å². The highest BCUT2D eigenvalue weighted by molar-refractivity contribution is 7.91. The SMILES string of the molecule is CCCS(=O)(=O)c1ccc(-c2cc(C(=O)NCCC(O)c3ccco3)no2)cc1. The van der Waals surface area contributed by atoms with Crippen LogP contribution >= 0.6 is 0 Å². The zero-order valence-electron chi connectivity index (χ0n) is 15.9. The largest absolute Gasteiger partial charge is 0.467 e. The molecule has 1 atom stereocenters. The number of aromatic nitrogens is 1. The van der Waals surface area contributed by atoms with Crippen LogP contribution < -0.4 is 5.32 Å². The fourth-order valence-corrected chi connectivity index (χ4v) is 4.09. The van der Waals surface area contributed by atoms with Crippen LogP contribution in [-0.4, -0.2) is 36.9 Å². The molecule has 1 aromatic carbocycles. The highest BCUT2D eigenvalue weighted by atomic mass is 32.2. The second-order valence-electron chi connectivity index (χ2n) is 6.50. The number of sulfone groups is 1. The number of carbonyl (C=O) groups is 1. The summed E-state index contributed by atoms with van der Waals surface area (Å²) in [4.78, 5) is 12.4. The molecular formula is C20H22N2O6S. The van der Waals surface area contributed by atoms with Crippen LogP contribution in [0.4, 0.5) is 0 Å². The molecule has 2 heterocycles. The molecule has 8 nitrogen and oxygen atoms in total. The molecule has 0 bridgehead atoms. The van der Waals surface area contributed by atoms with Crippen LogP contribution in [0.2, 0.25) is 0 Å². The molecular weight excluding hydrogens is 396 g/mol. The molecule has 2 N–H and O–H groups in total. The molecule has 3 rings (SSSR count). The van der Waals surface area contributed by atoms with E-state index in [1.54, 1.807) is 24.3 Å². The molecule has 1 unspecified atom stereocenters. The summed E-state index contributed by atoms with van der Waals surface area (Å²) in [6.07, 6.45) is 1.50. The van der Waals surface area contributed by atoms with Crippen molar-refractivity contribution < 1.29 is 27.3 Å². The highest BCUT2D eigenvalue weighted by Crippen LogP contribution is 2.23. The lowest BCUT2D eigenvalue weighted by Crippen LogP contribution is -2.25. The lowest BCUT2D eigenvalue weighted by atomic mass is 10.1. The predicted octanol–water partition coefficient (Wildman–Crippen LogP) is 2.97. The zero-order chi connectivity index (χ0) is 20.9. The van der Waals surface area contributed by atoms with Gasteiger partial charge in [0.25, 0.3) is 5.91 Å². The van der Waals surface area contributed by atoms with Gasteiger partial charge in [0.1, 0.15) is 11.9 Å². The van der Waals surface area contributed by atoms with E-state index in [4.69, 9.17) is 8.94 Å². The summed E-state index contributed by atoms with van der Waals surface area (Å²) in [5.74, 6) is 0.444. The smallest absolute Gasteiger partial charge is 0.273 e. The van der Waals surface area contributed by atoms with Gasteiger partial charge in [-0.1, -0.05) is 12.1 Å². The number of aliphatic hydroxyl groups excluding tert-OH is 1. The van der Waals surface area contributed by atoms with Crippen LogP contribution in [0.15, 0.2) is 62.6 Å². The zero-order valence-corrected chi connectivity index (χ0v) is 16.7. The maximum atomic E-state index is 12.2. The lowest BCUT2D eigenvalue weighted by molar-refractivity contribution is 0.0927. The summed E-state index contributed by atoms with van der Waals surface area (Å²) in [6, 6.07) is 11.1. The first kappa shape index (κ1) is 20.8. The predicted molar refractivity (Wildman–Crippen MR) is 105 cm³/mol. The number of nitrogens with one attached hydrogen (secondary N) is 1. The second-order valence-corrected chi connectivity index (χ2v) is 8.60. The Morgan fingerprint density at radius 1 is 1.24 bits per heavy atom. The summed E-state index contributed by atoms with van der Waals surface area (Å²) in [5.41, 5.74) is 0.704. The third kappa shape index (κ3) is 5.12. The van der Waals surface area contributed by atoms with E-state index >= 15 is 0 Å². The molecule has 0 aliphatic heterocycles. The van der Waals surface area contributed by atoms with E-state index in [0.29, 0.717) is 23.5 Å². The van der Waals surface area contributed by atoms with Crippen LogP contribution in [0.25, 0.3) is 11.3 Å². The number of nitrogens with zero attached hydrogens (tertiary/aromatic N) is 1. The number of aliphatic hydroxyl groups is 1. The van der Waals surface area contributed by atoms with Crippen LogP contribution in [0, 0.1) is 0 Å². The molecule has 0 aliphatic rings. The Morgan fingerprint density at radius 3 is 2.66 bits per heavy atom. The summed E-state index contributed by atoms with van der Waals surface area (Å²) < 4.78 is 34.5. The molecule has 0 saturated carbocycles. The Morgan fingerprint density at radius 2 is 2.00 bits per heavy atom. The molecule has 0 aliphatic carbocycles. The molecule has 1 amide bonds. The van der Waals surface area contributed by atoms with Crippen LogP contribution in [0.3, 0.4) is 0 Å². The minimum absolute atomic E-state index is 0.0909. The van der Waals surface area contributed by atoms with E-state index in [0.717, 1.165) is 0 Å². The van der Waals surface area contributed by atoms with Crippen LogP contribution in [-0.2, 0) is 9.84 Å². The average Bonchev–Trinajstić information content (AvgIpc) is 3.40. The lowest BCUT2D eigenvalue weighted by Gasteiger charge is -2.07. The normalized spacial score (nSPS) is 12.6. The molecule has 2 aromatic heterocycles. The van der Waals surface area contributed by atoms with E-state index in [9.17, 15) is 18.3 Å². The Labute approximate surface area is 168 Å². The number of furan rings is 1. The molecule has 3 aromatic rings. The van der Waals surface area contributed by atoms with Crippen LogP contribution in [0.5, 0.6) is 0 Å². The van der Waals surface area contributed by atoms with Gasteiger partial charge in [-0.2, -0.15) is 0 Å². The van der Waals surface area contributed by atoms with E-state index in [-0.39, 0.29) is 29.3 Å². The molecule has 154 valence electrons. The molecule has 0 radical (unpaired) electrons. The number of amides is 1. The van der Waals surface area contributed by atoms with E-state index < -0.39 is 21.8 Å². The monoisotopic (exact) mass is 418 g/mol. The fourth-order valence-electron chi connectivity index (χ4n) is 2.77. The second kappa shape index (κ2) is 9.06. The molecule has 29 heavy (non-hydrogen) atoms. The number of carbonyl (C=O) groups excluding carboxylic acids is 1. The molecule has 0 fully saturated rings. The minimum atomic E-state index is -3.29. The average molecular weight is 418 g/mol. The Hall–Kier alpha value is -2.91. The molecule has 0 spiro atoms. The maximum Gasteiger partial charge on any atom is 0.273 e. The first-order chi connectivity index (χ1) is 13.9.